The Morgan fingerprint density at radius 3 is 2.62 bits per heavy atom. The third kappa shape index (κ3) is 3.77. The largest absolute Gasteiger partial charge is 0.353 e. The first kappa shape index (κ1) is 9.00. The summed E-state index contributed by atoms with van der Waals surface area (Å²) in [5, 5.41) is 6.29. The highest BCUT2D eigenvalue weighted by atomic mass is 16.1. The van der Waals surface area contributed by atoms with E-state index in [0.717, 1.165) is 19.0 Å². The van der Waals surface area contributed by atoms with Crippen molar-refractivity contribution in [2.24, 2.45) is 5.92 Å². The average Bonchev–Trinajstić information content (AvgIpc) is 2.92. The van der Waals surface area contributed by atoms with Crippen LogP contribution in [-0.2, 0) is 4.79 Å². The van der Waals surface area contributed by atoms with Gasteiger partial charge in [0.15, 0.2) is 0 Å². The van der Waals surface area contributed by atoms with Crippen LogP contribution in [0.5, 0.6) is 0 Å². The van der Waals surface area contributed by atoms with Gasteiger partial charge in [-0.05, 0) is 38.1 Å². The zero-order chi connectivity index (χ0) is 9.10. The molecule has 0 radical (unpaired) electrons. The van der Waals surface area contributed by atoms with E-state index in [0.29, 0.717) is 12.5 Å². The molecule has 0 aromatic rings. The smallest absolute Gasteiger partial charge is 0.221 e. The van der Waals surface area contributed by atoms with Crippen molar-refractivity contribution in [3.8, 4) is 0 Å². The van der Waals surface area contributed by atoms with Crippen LogP contribution in [0, 0.1) is 5.92 Å². The van der Waals surface area contributed by atoms with Gasteiger partial charge < -0.3 is 10.6 Å². The second kappa shape index (κ2) is 4.09. The summed E-state index contributed by atoms with van der Waals surface area (Å²) < 4.78 is 0. The lowest BCUT2D eigenvalue weighted by molar-refractivity contribution is -0.121. The molecule has 2 aliphatic carbocycles. The monoisotopic (exact) mass is 182 g/mol. The summed E-state index contributed by atoms with van der Waals surface area (Å²) in [4.78, 5) is 11.2. The van der Waals surface area contributed by atoms with Crippen LogP contribution in [-0.4, -0.2) is 25.0 Å². The van der Waals surface area contributed by atoms with Crippen molar-refractivity contribution in [1.82, 2.24) is 10.6 Å². The highest BCUT2D eigenvalue weighted by Gasteiger charge is 2.23. The van der Waals surface area contributed by atoms with Gasteiger partial charge in [0.05, 0.1) is 0 Å². The van der Waals surface area contributed by atoms with Crippen molar-refractivity contribution >= 4 is 5.91 Å². The van der Waals surface area contributed by atoms with E-state index in [2.05, 4.69) is 10.6 Å². The Kier molecular flexibility index (Phi) is 2.83. The zero-order valence-corrected chi connectivity index (χ0v) is 8.01. The summed E-state index contributed by atoms with van der Waals surface area (Å²) in [5.41, 5.74) is 0. The minimum atomic E-state index is 0.214. The molecule has 0 spiro atoms. The second-order valence-corrected chi connectivity index (χ2v) is 4.24. The summed E-state index contributed by atoms with van der Waals surface area (Å²) >= 11 is 0. The van der Waals surface area contributed by atoms with Crippen molar-refractivity contribution in [2.45, 2.75) is 38.1 Å². The lowest BCUT2D eigenvalue weighted by Gasteiger charge is -2.04. The Balaban J connectivity index is 1.43. The van der Waals surface area contributed by atoms with Gasteiger partial charge in [0.1, 0.15) is 0 Å². The SMILES string of the molecule is O=C(CCNCC1CC1)NC1CC1. The van der Waals surface area contributed by atoms with Crippen LogP contribution in [0.25, 0.3) is 0 Å². The highest BCUT2D eigenvalue weighted by molar-refractivity contribution is 5.76. The highest BCUT2D eigenvalue weighted by Crippen LogP contribution is 2.27. The summed E-state index contributed by atoms with van der Waals surface area (Å²) in [6.45, 7) is 1.95. The van der Waals surface area contributed by atoms with E-state index >= 15 is 0 Å². The van der Waals surface area contributed by atoms with E-state index in [9.17, 15) is 4.79 Å². The molecule has 3 heteroatoms. The standard InChI is InChI=1S/C10H18N2O/c13-10(12-9-3-4-9)5-6-11-7-8-1-2-8/h8-9,11H,1-7H2,(H,12,13). The molecule has 2 saturated carbocycles. The second-order valence-electron chi connectivity index (χ2n) is 4.24. The Labute approximate surface area is 79.3 Å². The molecule has 0 aliphatic heterocycles. The Morgan fingerprint density at radius 2 is 2.00 bits per heavy atom. The maximum absolute atomic E-state index is 11.2. The predicted octanol–water partition coefficient (Wildman–Crippen LogP) is 0.655. The van der Waals surface area contributed by atoms with Gasteiger partial charge >= 0.3 is 0 Å². The van der Waals surface area contributed by atoms with Crippen molar-refractivity contribution < 1.29 is 4.79 Å². The third-order valence-corrected chi connectivity index (χ3v) is 2.60. The molecular weight excluding hydrogens is 164 g/mol. The summed E-state index contributed by atoms with van der Waals surface area (Å²) in [5.74, 6) is 1.12. The van der Waals surface area contributed by atoms with E-state index in [1.54, 1.807) is 0 Å². The fourth-order valence-electron chi connectivity index (χ4n) is 1.36. The molecule has 13 heavy (non-hydrogen) atoms. The fourth-order valence-corrected chi connectivity index (χ4v) is 1.36. The van der Waals surface area contributed by atoms with Crippen LogP contribution in [0.3, 0.4) is 0 Å². The van der Waals surface area contributed by atoms with E-state index < -0.39 is 0 Å². The zero-order valence-electron chi connectivity index (χ0n) is 8.01. The third-order valence-electron chi connectivity index (χ3n) is 2.60. The minimum Gasteiger partial charge on any atom is -0.353 e. The van der Waals surface area contributed by atoms with E-state index in [4.69, 9.17) is 0 Å². The lowest BCUT2D eigenvalue weighted by Crippen LogP contribution is -2.29. The summed E-state index contributed by atoms with van der Waals surface area (Å²) in [7, 11) is 0. The van der Waals surface area contributed by atoms with Crippen LogP contribution in [0.15, 0.2) is 0 Å². The molecule has 2 N–H and O–H groups in total. The minimum absolute atomic E-state index is 0.214. The van der Waals surface area contributed by atoms with Gasteiger partial charge in [-0.3, -0.25) is 4.79 Å². The molecule has 0 unspecified atom stereocenters. The molecule has 0 saturated heterocycles. The maximum Gasteiger partial charge on any atom is 0.221 e. The number of carbonyl (C=O) groups excluding carboxylic acids is 1. The number of hydrogen-bond acceptors (Lipinski definition) is 2. The molecule has 2 rings (SSSR count). The van der Waals surface area contributed by atoms with Gasteiger partial charge in [-0.1, -0.05) is 0 Å². The molecule has 1 amide bonds. The number of carbonyl (C=O) groups is 1. The van der Waals surface area contributed by atoms with Gasteiger partial charge in [0.2, 0.25) is 5.91 Å². The number of hydrogen-bond donors (Lipinski definition) is 2. The first-order chi connectivity index (χ1) is 6.34. The van der Waals surface area contributed by atoms with E-state index in [-0.39, 0.29) is 5.91 Å². The van der Waals surface area contributed by atoms with Crippen LogP contribution in [0.1, 0.15) is 32.1 Å². The van der Waals surface area contributed by atoms with Crippen molar-refractivity contribution in [2.75, 3.05) is 13.1 Å². The van der Waals surface area contributed by atoms with Crippen LogP contribution >= 0.6 is 0 Å². The molecule has 0 aromatic heterocycles. The first-order valence-electron chi connectivity index (χ1n) is 5.34. The number of amides is 1. The van der Waals surface area contributed by atoms with Gasteiger partial charge in [-0.25, -0.2) is 0 Å². The molecule has 0 bridgehead atoms. The summed E-state index contributed by atoms with van der Waals surface area (Å²) in [6.07, 6.45) is 5.76. The Morgan fingerprint density at radius 1 is 1.23 bits per heavy atom. The average molecular weight is 182 g/mol. The molecule has 2 fully saturated rings. The van der Waals surface area contributed by atoms with Crippen molar-refractivity contribution in [3.63, 3.8) is 0 Å². The van der Waals surface area contributed by atoms with Gasteiger partial charge in [0, 0.05) is 19.0 Å². The summed E-state index contributed by atoms with van der Waals surface area (Å²) in [6, 6.07) is 0.510. The molecule has 0 heterocycles. The van der Waals surface area contributed by atoms with Gasteiger partial charge in [-0.15, -0.1) is 0 Å². The van der Waals surface area contributed by atoms with Gasteiger partial charge in [-0.2, -0.15) is 0 Å². The van der Waals surface area contributed by atoms with Crippen LogP contribution in [0.4, 0.5) is 0 Å². The maximum atomic E-state index is 11.2. The topological polar surface area (TPSA) is 41.1 Å². The molecular formula is C10H18N2O. The van der Waals surface area contributed by atoms with E-state index in [1.807, 2.05) is 0 Å². The fraction of sp³-hybridized carbons (Fsp3) is 0.900. The van der Waals surface area contributed by atoms with Crippen LogP contribution in [0.2, 0.25) is 0 Å². The van der Waals surface area contributed by atoms with E-state index in [1.165, 1.54) is 25.7 Å². The number of rotatable bonds is 6. The molecule has 0 atom stereocenters. The molecule has 3 nitrogen and oxygen atoms in total. The normalized spacial score (nSPS) is 21.5. The van der Waals surface area contributed by atoms with Crippen molar-refractivity contribution in [1.29, 1.82) is 0 Å². The quantitative estimate of drug-likeness (QED) is 0.592. The Hall–Kier alpha value is -0.570. The number of nitrogens with one attached hydrogen (secondary N) is 2. The van der Waals surface area contributed by atoms with Crippen LogP contribution < -0.4 is 10.6 Å². The molecule has 0 aromatic carbocycles. The van der Waals surface area contributed by atoms with Crippen molar-refractivity contribution in [3.05, 3.63) is 0 Å². The van der Waals surface area contributed by atoms with Gasteiger partial charge in [0.25, 0.3) is 0 Å². The first-order valence-corrected chi connectivity index (χ1v) is 5.34. The molecule has 74 valence electrons. The predicted molar refractivity (Wildman–Crippen MR) is 51.4 cm³/mol. The lowest BCUT2D eigenvalue weighted by atomic mass is 10.3. The molecule has 2 aliphatic rings. The Bertz CT molecular complexity index is 185.